The number of aromatic nitrogens is 1. The van der Waals surface area contributed by atoms with E-state index in [2.05, 4.69) is 4.98 Å². The Balaban J connectivity index is 1.53. The van der Waals surface area contributed by atoms with Crippen molar-refractivity contribution in [1.29, 1.82) is 0 Å². The van der Waals surface area contributed by atoms with E-state index in [4.69, 9.17) is 4.84 Å². The van der Waals surface area contributed by atoms with Crippen LogP contribution in [-0.4, -0.2) is 32.7 Å². The number of rotatable bonds is 5. The maximum atomic E-state index is 13.4. The highest BCUT2D eigenvalue weighted by Gasteiger charge is 2.59. The first kappa shape index (κ1) is 19.8. The molecule has 0 spiro atoms. The highest BCUT2D eigenvalue weighted by molar-refractivity contribution is 6.07. The van der Waals surface area contributed by atoms with Crippen LogP contribution in [0.4, 0.5) is 11.4 Å². The number of hydroxylamine groups is 1. The van der Waals surface area contributed by atoms with E-state index in [1.807, 2.05) is 30.3 Å². The second-order valence-corrected chi connectivity index (χ2v) is 7.63. The summed E-state index contributed by atoms with van der Waals surface area (Å²) in [6.45, 7) is 0.161. The number of likely N-dealkylation sites (tertiary alicyclic amines) is 1. The highest BCUT2D eigenvalue weighted by atomic mass is 16.7. The molecule has 1 aromatic heterocycles. The van der Waals surface area contributed by atoms with Gasteiger partial charge in [0, 0.05) is 24.5 Å². The molecule has 2 amide bonds. The molecule has 0 unspecified atom stereocenters. The fraction of sp³-hybridized carbons (Fsp3) is 0.174. The number of anilines is 1. The van der Waals surface area contributed by atoms with Gasteiger partial charge in [0.15, 0.2) is 6.10 Å². The number of nitrogens with zero attached hydrogens (tertiary/aromatic N) is 4. The summed E-state index contributed by atoms with van der Waals surface area (Å²) in [6, 6.07) is 18.1. The van der Waals surface area contributed by atoms with Crippen LogP contribution in [0.2, 0.25) is 0 Å². The monoisotopic (exact) mass is 430 g/mol. The number of non-ortho nitro benzene ring substituents is 1. The maximum absolute atomic E-state index is 13.4. The van der Waals surface area contributed by atoms with Gasteiger partial charge in [-0.3, -0.25) is 34.4 Å². The van der Waals surface area contributed by atoms with Crippen molar-refractivity contribution in [2.75, 3.05) is 5.06 Å². The van der Waals surface area contributed by atoms with E-state index >= 15 is 0 Å². The first-order valence-corrected chi connectivity index (χ1v) is 10.0. The van der Waals surface area contributed by atoms with E-state index in [1.54, 1.807) is 36.7 Å². The van der Waals surface area contributed by atoms with Gasteiger partial charge in [-0.15, -0.1) is 0 Å². The number of amides is 2. The Morgan fingerprint density at radius 1 is 0.969 bits per heavy atom. The zero-order valence-electron chi connectivity index (χ0n) is 16.8. The van der Waals surface area contributed by atoms with Crippen LogP contribution in [-0.2, 0) is 21.0 Å². The van der Waals surface area contributed by atoms with Gasteiger partial charge in [-0.1, -0.05) is 36.4 Å². The zero-order chi connectivity index (χ0) is 22.2. The molecule has 0 aliphatic carbocycles. The Bertz CT molecular complexity index is 1190. The van der Waals surface area contributed by atoms with Crippen molar-refractivity contribution in [2.45, 2.75) is 18.7 Å². The third-order valence-corrected chi connectivity index (χ3v) is 5.73. The topological polar surface area (TPSA) is 106 Å². The predicted molar refractivity (Wildman–Crippen MR) is 113 cm³/mol. The van der Waals surface area contributed by atoms with Crippen molar-refractivity contribution in [3.05, 3.63) is 100 Å². The van der Waals surface area contributed by atoms with Crippen LogP contribution in [0.15, 0.2) is 79.1 Å². The average Bonchev–Trinajstić information content (AvgIpc) is 3.32. The number of nitro benzene ring substituents is 1. The van der Waals surface area contributed by atoms with Crippen LogP contribution < -0.4 is 5.06 Å². The zero-order valence-corrected chi connectivity index (χ0v) is 16.8. The van der Waals surface area contributed by atoms with Crippen LogP contribution in [0.3, 0.4) is 0 Å². The van der Waals surface area contributed by atoms with Crippen LogP contribution in [0, 0.1) is 16.0 Å². The minimum Gasteiger partial charge on any atom is -0.275 e. The molecule has 32 heavy (non-hydrogen) atoms. The number of hydrogen-bond donors (Lipinski definition) is 0. The molecule has 9 nitrogen and oxygen atoms in total. The molecular formula is C23H18N4O5. The summed E-state index contributed by atoms with van der Waals surface area (Å²) in [7, 11) is 0. The number of carbonyl (C=O) groups excluding carboxylic acids is 2. The Morgan fingerprint density at radius 2 is 1.72 bits per heavy atom. The summed E-state index contributed by atoms with van der Waals surface area (Å²) in [4.78, 5) is 48.6. The fourth-order valence-electron chi connectivity index (χ4n) is 4.26. The van der Waals surface area contributed by atoms with Gasteiger partial charge in [-0.25, -0.2) is 5.06 Å². The molecule has 2 aromatic carbocycles. The molecular weight excluding hydrogens is 412 g/mol. The average molecular weight is 430 g/mol. The molecule has 160 valence electrons. The van der Waals surface area contributed by atoms with Crippen LogP contribution >= 0.6 is 0 Å². The molecule has 9 heteroatoms. The van der Waals surface area contributed by atoms with Crippen molar-refractivity contribution in [2.24, 2.45) is 5.92 Å². The molecule has 0 N–H and O–H groups in total. The van der Waals surface area contributed by atoms with Crippen molar-refractivity contribution in [3.63, 3.8) is 0 Å². The van der Waals surface area contributed by atoms with E-state index in [0.717, 1.165) is 11.1 Å². The lowest BCUT2D eigenvalue weighted by Gasteiger charge is -2.28. The molecule has 0 radical (unpaired) electrons. The van der Waals surface area contributed by atoms with Gasteiger partial charge in [0.1, 0.15) is 5.92 Å². The Labute approximate surface area is 183 Å². The highest BCUT2D eigenvalue weighted by Crippen LogP contribution is 2.47. The van der Waals surface area contributed by atoms with Crippen molar-refractivity contribution in [1.82, 2.24) is 9.88 Å². The molecule has 2 fully saturated rings. The lowest BCUT2D eigenvalue weighted by Crippen LogP contribution is -2.37. The fourth-order valence-corrected chi connectivity index (χ4v) is 4.26. The van der Waals surface area contributed by atoms with Gasteiger partial charge in [-0.05, 0) is 29.3 Å². The summed E-state index contributed by atoms with van der Waals surface area (Å²) < 4.78 is 0. The lowest BCUT2D eigenvalue weighted by molar-refractivity contribution is -0.384. The summed E-state index contributed by atoms with van der Waals surface area (Å²) in [5, 5.41) is 12.7. The number of hydrogen-bond acceptors (Lipinski definition) is 7. The maximum Gasteiger partial charge on any atom is 0.271 e. The lowest BCUT2D eigenvalue weighted by atomic mass is 9.91. The Hall–Kier alpha value is -4.11. The Kier molecular flexibility index (Phi) is 4.87. The molecule has 0 bridgehead atoms. The number of pyridine rings is 1. The molecule has 3 heterocycles. The quantitative estimate of drug-likeness (QED) is 0.348. The van der Waals surface area contributed by atoms with Gasteiger partial charge in [0.25, 0.3) is 11.6 Å². The van der Waals surface area contributed by atoms with E-state index in [0.29, 0.717) is 5.69 Å². The number of nitro groups is 1. The minimum absolute atomic E-state index is 0.111. The first-order chi connectivity index (χ1) is 15.5. The summed E-state index contributed by atoms with van der Waals surface area (Å²) >= 11 is 0. The van der Waals surface area contributed by atoms with E-state index in [9.17, 15) is 19.7 Å². The second-order valence-electron chi connectivity index (χ2n) is 7.63. The number of benzene rings is 2. The van der Waals surface area contributed by atoms with Gasteiger partial charge >= 0.3 is 0 Å². The molecule has 2 saturated heterocycles. The molecule has 3 atom stereocenters. The summed E-state index contributed by atoms with van der Waals surface area (Å²) in [5.41, 5.74) is 1.84. The standard InChI is InChI=1S/C23H18N4O5/c28-22-19-20(16-9-11-24-12-10-16)26(17-7-4-8-18(13-17)27(30)31)32-21(19)23(29)25(22)14-15-5-2-1-3-6-15/h1-13,19-21H,14H2/t19-,20+,21+/m0/s1. The number of fused-ring (bicyclic) bond motifs is 1. The van der Waals surface area contributed by atoms with Crippen LogP contribution in [0.25, 0.3) is 0 Å². The predicted octanol–water partition coefficient (Wildman–Crippen LogP) is 3.04. The smallest absolute Gasteiger partial charge is 0.271 e. The second kappa shape index (κ2) is 7.86. The minimum atomic E-state index is -1.01. The third-order valence-electron chi connectivity index (χ3n) is 5.73. The third kappa shape index (κ3) is 3.28. The Morgan fingerprint density at radius 3 is 2.44 bits per heavy atom. The van der Waals surface area contributed by atoms with Crippen LogP contribution in [0.1, 0.15) is 17.2 Å². The molecule has 5 rings (SSSR count). The van der Waals surface area contributed by atoms with Gasteiger partial charge < -0.3 is 0 Å². The van der Waals surface area contributed by atoms with Gasteiger partial charge in [0.05, 0.1) is 23.2 Å². The molecule has 2 aliphatic heterocycles. The number of imide groups is 1. The molecule has 3 aromatic rings. The largest absolute Gasteiger partial charge is 0.275 e. The SMILES string of the molecule is O=C1[C@H]2[C@@H](c3ccncc3)N(c3cccc([N+](=O)[O-])c3)O[C@H]2C(=O)N1Cc1ccccc1. The van der Waals surface area contributed by atoms with E-state index in [-0.39, 0.29) is 18.1 Å². The van der Waals surface area contributed by atoms with Crippen LogP contribution in [0.5, 0.6) is 0 Å². The van der Waals surface area contributed by atoms with E-state index in [1.165, 1.54) is 22.1 Å². The summed E-state index contributed by atoms with van der Waals surface area (Å²) in [5.74, 6) is -1.54. The van der Waals surface area contributed by atoms with E-state index < -0.39 is 28.9 Å². The number of carbonyl (C=O) groups is 2. The summed E-state index contributed by atoms with van der Waals surface area (Å²) in [6.07, 6.45) is 2.18. The van der Waals surface area contributed by atoms with Gasteiger partial charge in [0.2, 0.25) is 5.91 Å². The van der Waals surface area contributed by atoms with Crippen molar-refractivity contribution in [3.8, 4) is 0 Å². The van der Waals surface area contributed by atoms with Gasteiger partial charge in [-0.2, -0.15) is 0 Å². The molecule has 2 aliphatic rings. The van der Waals surface area contributed by atoms with Crippen molar-refractivity contribution < 1.29 is 19.3 Å². The van der Waals surface area contributed by atoms with Crippen molar-refractivity contribution >= 4 is 23.2 Å². The normalized spacial score (nSPS) is 22.3. The first-order valence-electron chi connectivity index (χ1n) is 10.0. The molecule has 0 saturated carbocycles.